The molecule has 15 heavy (non-hydrogen) atoms. The van der Waals surface area contributed by atoms with E-state index in [0.717, 1.165) is 4.47 Å². The van der Waals surface area contributed by atoms with Crippen LogP contribution in [-0.4, -0.2) is 11.5 Å². The highest BCUT2D eigenvalue weighted by atomic mass is 79.9. The molecule has 0 spiro atoms. The number of anilines is 1. The normalized spacial score (nSPS) is 8.60. The van der Waals surface area contributed by atoms with Crippen LogP contribution in [0.4, 0.5) is 5.82 Å². The topological polar surface area (TPSA) is 87.7 Å². The molecule has 0 saturated carbocycles. The van der Waals surface area contributed by atoms with Crippen molar-refractivity contribution in [3.8, 4) is 11.8 Å². The number of azide groups is 1. The Labute approximate surface area is 95.5 Å². The van der Waals surface area contributed by atoms with Crippen molar-refractivity contribution in [3.63, 3.8) is 0 Å². The van der Waals surface area contributed by atoms with E-state index in [1.54, 1.807) is 12.3 Å². The Bertz CT molecular complexity index is 453. The van der Waals surface area contributed by atoms with Crippen molar-refractivity contribution in [2.75, 3.05) is 12.3 Å². The molecular formula is C9H8BrN5. The molecule has 0 amide bonds. The predicted octanol–water partition coefficient (Wildman–Crippen LogP) is 2.48. The molecule has 2 N–H and O–H groups in total. The van der Waals surface area contributed by atoms with Gasteiger partial charge in [-0.05, 0) is 27.5 Å². The van der Waals surface area contributed by atoms with Crippen LogP contribution in [0.2, 0.25) is 0 Å². The fourth-order valence-electron chi connectivity index (χ4n) is 0.858. The molecule has 1 aromatic heterocycles. The molecule has 6 heteroatoms. The Morgan fingerprint density at radius 3 is 3.20 bits per heavy atom. The Morgan fingerprint density at radius 1 is 1.67 bits per heavy atom. The molecule has 0 saturated heterocycles. The lowest BCUT2D eigenvalue weighted by Crippen LogP contribution is -1.93. The Hall–Kier alpha value is -1.70. The summed E-state index contributed by atoms with van der Waals surface area (Å²) in [6.07, 6.45) is 2.12. The fraction of sp³-hybridized carbons (Fsp3) is 0.222. The van der Waals surface area contributed by atoms with Gasteiger partial charge in [-0.3, -0.25) is 0 Å². The quantitative estimate of drug-likeness (QED) is 0.293. The van der Waals surface area contributed by atoms with E-state index in [0.29, 0.717) is 24.3 Å². The van der Waals surface area contributed by atoms with Gasteiger partial charge in [0.05, 0.1) is 5.56 Å². The van der Waals surface area contributed by atoms with E-state index < -0.39 is 0 Å². The summed E-state index contributed by atoms with van der Waals surface area (Å²) in [6.45, 7) is 0.366. The molecule has 0 bridgehead atoms. The lowest BCUT2D eigenvalue weighted by molar-refractivity contribution is 1.01. The van der Waals surface area contributed by atoms with Crippen molar-refractivity contribution < 1.29 is 0 Å². The van der Waals surface area contributed by atoms with E-state index in [9.17, 15) is 0 Å². The third-order valence-corrected chi connectivity index (χ3v) is 1.94. The van der Waals surface area contributed by atoms with Crippen LogP contribution in [0.15, 0.2) is 21.9 Å². The molecule has 1 rings (SSSR count). The summed E-state index contributed by atoms with van der Waals surface area (Å²) in [4.78, 5) is 6.56. The number of nitrogens with two attached hydrogens (primary N) is 1. The van der Waals surface area contributed by atoms with E-state index in [1.807, 2.05) is 0 Å². The zero-order valence-electron chi connectivity index (χ0n) is 7.81. The molecular weight excluding hydrogens is 258 g/mol. The van der Waals surface area contributed by atoms with Crippen LogP contribution in [0.5, 0.6) is 0 Å². The van der Waals surface area contributed by atoms with Gasteiger partial charge in [0.1, 0.15) is 5.82 Å². The van der Waals surface area contributed by atoms with E-state index in [2.05, 4.69) is 42.8 Å². The third kappa shape index (κ3) is 3.90. The largest absolute Gasteiger partial charge is 0.383 e. The maximum Gasteiger partial charge on any atom is 0.139 e. The van der Waals surface area contributed by atoms with Gasteiger partial charge in [-0.2, -0.15) is 0 Å². The molecule has 1 heterocycles. The minimum atomic E-state index is 0.366. The van der Waals surface area contributed by atoms with E-state index in [-0.39, 0.29) is 0 Å². The smallest absolute Gasteiger partial charge is 0.139 e. The Kier molecular flexibility index (Phi) is 4.48. The first-order valence-electron chi connectivity index (χ1n) is 4.15. The van der Waals surface area contributed by atoms with Gasteiger partial charge in [-0.1, -0.05) is 17.0 Å². The number of rotatable bonds is 2. The van der Waals surface area contributed by atoms with E-state index in [1.165, 1.54) is 0 Å². The van der Waals surface area contributed by atoms with Crippen LogP contribution in [0.1, 0.15) is 12.0 Å². The fourth-order valence-corrected chi connectivity index (χ4v) is 1.19. The summed E-state index contributed by atoms with van der Waals surface area (Å²) in [5.41, 5.74) is 14.3. The molecule has 0 aliphatic heterocycles. The summed E-state index contributed by atoms with van der Waals surface area (Å²) in [5.74, 6) is 6.11. The van der Waals surface area contributed by atoms with Gasteiger partial charge in [-0.15, -0.1) is 0 Å². The number of hydrogen-bond donors (Lipinski definition) is 1. The molecule has 0 aliphatic rings. The number of nitrogens with zero attached hydrogens (tertiary/aromatic N) is 4. The lowest BCUT2D eigenvalue weighted by Gasteiger charge is -1.96. The van der Waals surface area contributed by atoms with Crippen LogP contribution in [-0.2, 0) is 0 Å². The molecule has 0 atom stereocenters. The Morgan fingerprint density at radius 2 is 2.47 bits per heavy atom. The number of halogens is 1. The van der Waals surface area contributed by atoms with E-state index in [4.69, 9.17) is 11.3 Å². The number of aromatic nitrogens is 1. The molecule has 76 valence electrons. The first-order chi connectivity index (χ1) is 7.24. The zero-order chi connectivity index (χ0) is 11.1. The number of hydrogen-bond acceptors (Lipinski definition) is 3. The molecule has 1 aromatic rings. The maximum atomic E-state index is 8.04. The van der Waals surface area contributed by atoms with Gasteiger partial charge in [0.15, 0.2) is 0 Å². The van der Waals surface area contributed by atoms with Gasteiger partial charge in [0, 0.05) is 28.5 Å². The first kappa shape index (κ1) is 11.4. The maximum absolute atomic E-state index is 8.04. The molecule has 5 nitrogen and oxygen atoms in total. The molecule has 0 radical (unpaired) electrons. The van der Waals surface area contributed by atoms with Crippen LogP contribution in [0.25, 0.3) is 10.4 Å². The summed E-state index contributed by atoms with van der Waals surface area (Å²) >= 11 is 3.28. The zero-order valence-corrected chi connectivity index (χ0v) is 9.40. The molecule has 0 fully saturated rings. The summed E-state index contributed by atoms with van der Waals surface area (Å²) in [6, 6.07) is 1.79. The SMILES string of the molecule is [N-]=[N+]=NCCC#Cc1cc(Br)cnc1N. The second-order valence-electron chi connectivity index (χ2n) is 2.59. The minimum Gasteiger partial charge on any atom is -0.383 e. The van der Waals surface area contributed by atoms with Gasteiger partial charge in [0.2, 0.25) is 0 Å². The summed E-state index contributed by atoms with van der Waals surface area (Å²) in [7, 11) is 0. The minimum absolute atomic E-state index is 0.366. The van der Waals surface area contributed by atoms with Crippen LogP contribution >= 0.6 is 15.9 Å². The van der Waals surface area contributed by atoms with Gasteiger partial charge in [0.25, 0.3) is 0 Å². The second kappa shape index (κ2) is 5.91. The first-order valence-corrected chi connectivity index (χ1v) is 4.94. The average molecular weight is 266 g/mol. The highest BCUT2D eigenvalue weighted by Gasteiger charge is 1.96. The predicted molar refractivity (Wildman–Crippen MR) is 61.9 cm³/mol. The van der Waals surface area contributed by atoms with Crippen molar-refractivity contribution in [2.45, 2.75) is 6.42 Å². The van der Waals surface area contributed by atoms with Gasteiger partial charge >= 0.3 is 0 Å². The van der Waals surface area contributed by atoms with Crippen LogP contribution < -0.4 is 5.73 Å². The summed E-state index contributed by atoms with van der Waals surface area (Å²) < 4.78 is 0.830. The van der Waals surface area contributed by atoms with Crippen molar-refractivity contribution in [1.82, 2.24) is 4.98 Å². The molecule has 0 unspecified atom stereocenters. The van der Waals surface area contributed by atoms with Crippen molar-refractivity contribution in [2.24, 2.45) is 5.11 Å². The summed E-state index contributed by atoms with van der Waals surface area (Å²) in [5, 5.41) is 3.36. The Balaban J connectivity index is 2.70. The number of nitrogen functional groups attached to an aromatic ring is 1. The van der Waals surface area contributed by atoms with Crippen molar-refractivity contribution in [3.05, 3.63) is 32.7 Å². The molecule has 0 aromatic carbocycles. The van der Waals surface area contributed by atoms with Gasteiger partial charge in [-0.25, -0.2) is 4.98 Å². The molecule has 0 aliphatic carbocycles. The number of pyridine rings is 1. The third-order valence-electron chi connectivity index (χ3n) is 1.51. The van der Waals surface area contributed by atoms with Crippen LogP contribution in [0, 0.1) is 11.8 Å². The standard InChI is InChI=1S/C9H8BrN5/c10-8-5-7(9(11)13-6-8)3-1-2-4-14-15-12/h5-6H,2,4H2,(H2,11,13). The highest BCUT2D eigenvalue weighted by molar-refractivity contribution is 9.10. The average Bonchev–Trinajstić information content (AvgIpc) is 2.23. The van der Waals surface area contributed by atoms with Crippen molar-refractivity contribution >= 4 is 21.7 Å². The van der Waals surface area contributed by atoms with Gasteiger partial charge < -0.3 is 5.73 Å². The van der Waals surface area contributed by atoms with E-state index >= 15 is 0 Å². The highest BCUT2D eigenvalue weighted by Crippen LogP contribution is 2.14. The second-order valence-corrected chi connectivity index (χ2v) is 3.51. The lowest BCUT2D eigenvalue weighted by atomic mass is 10.2. The van der Waals surface area contributed by atoms with Crippen LogP contribution in [0.3, 0.4) is 0 Å². The van der Waals surface area contributed by atoms with Crippen molar-refractivity contribution in [1.29, 1.82) is 0 Å². The monoisotopic (exact) mass is 265 g/mol.